The summed E-state index contributed by atoms with van der Waals surface area (Å²) in [5.74, 6) is 0.402. The van der Waals surface area contributed by atoms with Gasteiger partial charge in [0.15, 0.2) is 5.76 Å². The summed E-state index contributed by atoms with van der Waals surface area (Å²) >= 11 is 0. The fraction of sp³-hybridized carbons (Fsp3) is 0.200. The van der Waals surface area contributed by atoms with E-state index in [0.29, 0.717) is 11.5 Å². The van der Waals surface area contributed by atoms with Crippen molar-refractivity contribution in [3.05, 3.63) is 46.8 Å². The molecule has 6 nitrogen and oxygen atoms in total. The first kappa shape index (κ1) is 11.7. The third-order valence-electron chi connectivity index (χ3n) is 2.35. The van der Waals surface area contributed by atoms with Crippen molar-refractivity contribution in [1.29, 1.82) is 0 Å². The van der Waals surface area contributed by atoms with E-state index in [1.54, 1.807) is 6.08 Å². The maximum Gasteiger partial charge on any atom is 0.274 e. The van der Waals surface area contributed by atoms with Gasteiger partial charge in [-0.3, -0.25) is 0 Å². The van der Waals surface area contributed by atoms with Crippen LogP contribution < -0.4 is 10.9 Å². The number of hydrogen-bond acceptors (Lipinski definition) is 5. The van der Waals surface area contributed by atoms with Crippen LogP contribution >= 0.6 is 0 Å². The largest absolute Gasteiger partial charge is 0.457 e. The maximum atomic E-state index is 11.0. The summed E-state index contributed by atoms with van der Waals surface area (Å²) in [6, 6.07) is 0. The molecule has 17 heavy (non-hydrogen) atoms. The second kappa shape index (κ2) is 4.27. The molecule has 1 aliphatic heterocycles. The van der Waals surface area contributed by atoms with Crippen LogP contribution in [0.25, 0.3) is 0 Å². The van der Waals surface area contributed by atoms with Crippen LogP contribution in [0.4, 0.5) is 0 Å². The Balaban J connectivity index is 2.19. The Kier molecular flexibility index (Phi) is 2.95. The van der Waals surface area contributed by atoms with E-state index in [4.69, 9.17) is 20.3 Å². The Bertz CT molecular complexity index is 555. The molecule has 0 aromatic rings. The van der Waals surface area contributed by atoms with Crippen molar-refractivity contribution < 1.29 is 17.9 Å². The van der Waals surface area contributed by atoms with Gasteiger partial charge in [0.1, 0.15) is 12.5 Å². The van der Waals surface area contributed by atoms with Gasteiger partial charge >= 0.3 is 0 Å². The van der Waals surface area contributed by atoms with E-state index in [0.717, 1.165) is 24.7 Å². The summed E-state index contributed by atoms with van der Waals surface area (Å²) in [5, 5.41) is 4.46. The molecule has 1 heterocycles. The summed E-state index contributed by atoms with van der Waals surface area (Å²) in [6.07, 6.45) is 7.46. The van der Waals surface area contributed by atoms with Gasteiger partial charge in [0, 0.05) is 11.3 Å². The quantitative estimate of drug-likeness (QED) is 0.749. The molecule has 0 radical (unpaired) electrons. The summed E-state index contributed by atoms with van der Waals surface area (Å²) in [7, 11) is -3.89. The Morgan fingerprint density at radius 1 is 1.24 bits per heavy atom. The molecule has 0 spiro atoms. The zero-order valence-electron chi connectivity index (χ0n) is 8.92. The molecule has 0 saturated heterocycles. The van der Waals surface area contributed by atoms with E-state index in [9.17, 15) is 8.42 Å². The normalized spacial score (nSPS) is 20.3. The minimum atomic E-state index is -3.89. The number of allylic oxidation sites excluding steroid dienone is 3. The first-order valence-electron chi connectivity index (χ1n) is 4.90. The van der Waals surface area contributed by atoms with E-state index < -0.39 is 15.1 Å². The van der Waals surface area contributed by atoms with Crippen molar-refractivity contribution in [3.8, 4) is 0 Å². The smallest absolute Gasteiger partial charge is 0.274 e. The van der Waals surface area contributed by atoms with Crippen molar-refractivity contribution >= 4 is 10.0 Å². The Morgan fingerprint density at radius 2 is 2.00 bits per heavy atom. The van der Waals surface area contributed by atoms with Crippen LogP contribution in [0.3, 0.4) is 0 Å². The molecule has 0 amide bonds. The molecule has 2 rings (SSSR count). The average molecular weight is 256 g/mol. The van der Waals surface area contributed by atoms with Gasteiger partial charge in [-0.15, -0.1) is 0 Å². The van der Waals surface area contributed by atoms with Crippen LogP contribution in [0.1, 0.15) is 12.8 Å². The van der Waals surface area contributed by atoms with Gasteiger partial charge < -0.3 is 15.2 Å². The van der Waals surface area contributed by atoms with Crippen LogP contribution in [0.15, 0.2) is 46.8 Å². The molecule has 0 aromatic carbocycles. The molecule has 0 fully saturated rings. The molecule has 4 N–H and O–H groups in total. The van der Waals surface area contributed by atoms with E-state index in [1.807, 2.05) is 6.08 Å². The number of rotatable bonds is 2. The summed E-state index contributed by atoms with van der Waals surface area (Å²) in [6.45, 7) is 0. The van der Waals surface area contributed by atoms with Crippen LogP contribution in [-0.4, -0.2) is 8.42 Å². The van der Waals surface area contributed by atoms with E-state index in [1.165, 1.54) is 6.26 Å². The highest BCUT2D eigenvalue weighted by atomic mass is 32.2. The molecule has 0 saturated carbocycles. The standard InChI is InChI=1S/C10H12N2O4S/c11-8-4-2-1-3-7(8)9-5-16-10(6-15-9)17(12,13)14/h2,4-6H,1,3,11H2,(H2,12,13,14). The zero-order chi connectivity index (χ0) is 12.5. The third kappa shape index (κ3) is 2.51. The number of primary sulfonamides is 1. The number of nitrogens with two attached hydrogens (primary N) is 2. The predicted molar refractivity (Wildman–Crippen MR) is 61.0 cm³/mol. The van der Waals surface area contributed by atoms with Gasteiger partial charge in [-0.2, -0.15) is 0 Å². The molecule has 7 heteroatoms. The summed E-state index contributed by atoms with van der Waals surface area (Å²) in [5.41, 5.74) is 7.15. The lowest BCUT2D eigenvalue weighted by Crippen LogP contribution is -2.18. The number of hydrogen-bond donors (Lipinski definition) is 2. The van der Waals surface area contributed by atoms with E-state index >= 15 is 0 Å². The van der Waals surface area contributed by atoms with Gasteiger partial charge in [-0.25, -0.2) is 13.6 Å². The monoisotopic (exact) mass is 256 g/mol. The number of ether oxygens (including phenoxy) is 2. The van der Waals surface area contributed by atoms with Crippen LogP contribution in [0, 0.1) is 0 Å². The molecule has 92 valence electrons. The highest BCUT2D eigenvalue weighted by molar-refractivity contribution is 7.92. The van der Waals surface area contributed by atoms with Gasteiger partial charge in [-0.05, 0) is 18.9 Å². The lowest BCUT2D eigenvalue weighted by molar-refractivity contribution is 0.250. The molecular weight excluding hydrogens is 244 g/mol. The van der Waals surface area contributed by atoms with Crippen LogP contribution in [0.5, 0.6) is 0 Å². The Hall–Kier alpha value is -1.73. The highest BCUT2D eigenvalue weighted by Crippen LogP contribution is 2.27. The van der Waals surface area contributed by atoms with Gasteiger partial charge in [-0.1, -0.05) is 6.08 Å². The van der Waals surface area contributed by atoms with Crippen molar-refractivity contribution in [2.45, 2.75) is 12.8 Å². The molecule has 0 aromatic heterocycles. The first-order valence-corrected chi connectivity index (χ1v) is 6.45. The van der Waals surface area contributed by atoms with Crippen molar-refractivity contribution in [2.24, 2.45) is 10.9 Å². The minimum Gasteiger partial charge on any atom is -0.457 e. The SMILES string of the molecule is NC1=C(C2=COC(S(N)(=O)=O)=CO2)CCC=C1. The second-order valence-electron chi connectivity index (χ2n) is 3.57. The fourth-order valence-corrected chi connectivity index (χ4v) is 1.87. The Labute approximate surface area is 98.9 Å². The van der Waals surface area contributed by atoms with Crippen LogP contribution in [-0.2, 0) is 19.5 Å². The number of sulfonamides is 1. The van der Waals surface area contributed by atoms with Gasteiger partial charge in [0.2, 0.25) is 0 Å². The van der Waals surface area contributed by atoms with Crippen molar-refractivity contribution in [1.82, 2.24) is 0 Å². The topological polar surface area (TPSA) is 105 Å². The summed E-state index contributed by atoms with van der Waals surface area (Å²) < 4.78 is 32.0. The van der Waals surface area contributed by atoms with E-state index in [2.05, 4.69) is 0 Å². The fourth-order valence-electron chi connectivity index (χ4n) is 1.50. The first-order chi connectivity index (χ1) is 7.98. The third-order valence-corrected chi connectivity index (χ3v) is 3.10. The predicted octanol–water partition coefficient (Wildman–Crippen LogP) is 0.525. The lowest BCUT2D eigenvalue weighted by Gasteiger charge is -2.18. The highest BCUT2D eigenvalue weighted by Gasteiger charge is 2.21. The molecule has 0 atom stereocenters. The molecule has 0 unspecified atom stereocenters. The lowest BCUT2D eigenvalue weighted by atomic mass is 10.0. The maximum absolute atomic E-state index is 11.0. The van der Waals surface area contributed by atoms with E-state index in [-0.39, 0.29) is 0 Å². The molecule has 1 aliphatic carbocycles. The second-order valence-corrected chi connectivity index (χ2v) is 5.07. The zero-order valence-corrected chi connectivity index (χ0v) is 9.74. The van der Waals surface area contributed by atoms with Gasteiger partial charge in [0.05, 0.1) is 0 Å². The average Bonchev–Trinajstić information content (AvgIpc) is 2.29. The van der Waals surface area contributed by atoms with Crippen molar-refractivity contribution in [2.75, 3.05) is 0 Å². The molecule has 0 bridgehead atoms. The molecular formula is C10H12N2O4S. The minimum absolute atomic E-state index is 0.402. The van der Waals surface area contributed by atoms with Crippen LogP contribution in [0.2, 0.25) is 0 Å². The van der Waals surface area contributed by atoms with Gasteiger partial charge in [0.25, 0.3) is 15.1 Å². The Morgan fingerprint density at radius 3 is 2.53 bits per heavy atom. The molecule has 2 aliphatic rings. The van der Waals surface area contributed by atoms with Crippen molar-refractivity contribution in [3.63, 3.8) is 0 Å². The summed E-state index contributed by atoms with van der Waals surface area (Å²) in [4.78, 5) is 0.